The number of nitrogens with zero attached hydrogens (tertiary/aromatic N) is 4. The Morgan fingerprint density at radius 3 is 2.73 bits per heavy atom. The van der Waals surface area contributed by atoms with Gasteiger partial charge in [-0.05, 0) is 26.2 Å². The van der Waals surface area contributed by atoms with Gasteiger partial charge >= 0.3 is 0 Å². The summed E-state index contributed by atoms with van der Waals surface area (Å²) in [6.07, 6.45) is 7.40. The van der Waals surface area contributed by atoms with Gasteiger partial charge in [0.15, 0.2) is 0 Å². The minimum Gasteiger partial charge on any atom is -0.340 e. The van der Waals surface area contributed by atoms with Crippen LogP contribution in [0.25, 0.3) is 5.65 Å². The van der Waals surface area contributed by atoms with E-state index >= 15 is 0 Å². The zero-order chi connectivity index (χ0) is 18.5. The molecule has 1 unspecified atom stereocenters. The average Bonchev–Trinajstić information content (AvgIpc) is 3.26. The zero-order valence-electron chi connectivity index (χ0n) is 15.1. The second-order valence-corrected chi connectivity index (χ2v) is 7.64. The molecular weight excluding hydrogens is 334 g/mol. The van der Waals surface area contributed by atoms with Crippen molar-refractivity contribution in [2.45, 2.75) is 39.2 Å². The average molecular weight is 357 g/mol. The Labute approximate surface area is 150 Å². The number of fused-ring (bicyclic) bond motifs is 1. The molecule has 138 valence electrons. The molecule has 1 aliphatic heterocycles. The van der Waals surface area contributed by atoms with E-state index in [1.54, 1.807) is 21.7 Å². The van der Waals surface area contributed by atoms with Crippen LogP contribution in [-0.2, 0) is 4.79 Å². The van der Waals surface area contributed by atoms with Crippen LogP contribution in [0.4, 0.5) is 0 Å². The summed E-state index contributed by atoms with van der Waals surface area (Å²) in [6.45, 7) is 5.70. The zero-order valence-corrected chi connectivity index (χ0v) is 15.1. The smallest absolute Gasteiger partial charge is 0.291 e. The molecule has 26 heavy (non-hydrogen) atoms. The fourth-order valence-electron chi connectivity index (χ4n) is 3.53. The second kappa shape index (κ2) is 5.96. The van der Waals surface area contributed by atoms with E-state index in [1.807, 2.05) is 18.7 Å². The fraction of sp³-hybridized carbons (Fsp3) is 0.556. The van der Waals surface area contributed by atoms with Crippen molar-refractivity contribution in [3.63, 3.8) is 0 Å². The first kappa shape index (κ1) is 16.8. The highest BCUT2D eigenvalue weighted by Crippen LogP contribution is 2.46. The molecule has 1 aliphatic carbocycles. The van der Waals surface area contributed by atoms with Crippen LogP contribution >= 0.6 is 0 Å². The van der Waals surface area contributed by atoms with E-state index in [4.69, 9.17) is 0 Å². The standard InChI is InChI=1S/C18H23N5O3/c1-12-3-7-21(17(26)18(2)4-5-18)9-10-23(12)16(25)13-11-22-8-6-19-15(24)14(22)20-13/h6,8,11-12H,3-5,7,9-10H2,1-2H3,(H,19,24). The van der Waals surface area contributed by atoms with Gasteiger partial charge in [-0.1, -0.05) is 6.92 Å². The predicted molar refractivity (Wildman–Crippen MR) is 94.8 cm³/mol. The summed E-state index contributed by atoms with van der Waals surface area (Å²) < 4.78 is 1.55. The molecule has 8 nitrogen and oxygen atoms in total. The summed E-state index contributed by atoms with van der Waals surface area (Å²) in [5, 5.41) is 0. The molecule has 4 rings (SSSR count). The molecule has 8 heteroatoms. The van der Waals surface area contributed by atoms with Gasteiger partial charge in [0.05, 0.1) is 0 Å². The van der Waals surface area contributed by atoms with Gasteiger partial charge in [0, 0.05) is 49.7 Å². The van der Waals surface area contributed by atoms with Gasteiger partial charge in [-0.25, -0.2) is 4.98 Å². The molecule has 0 radical (unpaired) electrons. The number of hydrogen-bond acceptors (Lipinski definition) is 4. The molecule has 1 atom stereocenters. The molecule has 1 saturated carbocycles. The Morgan fingerprint density at radius 2 is 2.04 bits per heavy atom. The number of aromatic nitrogens is 3. The minimum absolute atomic E-state index is 0.00964. The number of amides is 2. The quantitative estimate of drug-likeness (QED) is 0.864. The van der Waals surface area contributed by atoms with Crippen molar-refractivity contribution in [3.05, 3.63) is 34.6 Å². The van der Waals surface area contributed by atoms with Gasteiger partial charge < -0.3 is 19.2 Å². The van der Waals surface area contributed by atoms with E-state index in [0.29, 0.717) is 19.6 Å². The van der Waals surface area contributed by atoms with E-state index < -0.39 is 0 Å². The monoisotopic (exact) mass is 357 g/mol. The maximum atomic E-state index is 13.0. The third kappa shape index (κ3) is 2.79. The van der Waals surface area contributed by atoms with Crippen molar-refractivity contribution in [2.24, 2.45) is 5.41 Å². The molecule has 2 aromatic heterocycles. The Bertz CT molecular complexity index is 926. The third-order valence-corrected chi connectivity index (χ3v) is 5.63. The van der Waals surface area contributed by atoms with Crippen molar-refractivity contribution >= 4 is 17.5 Å². The number of carbonyl (C=O) groups is 2. The molecule has 0 spiro atoms. The molecule has 2 aromatic rings. The fourth-order valence-corrected chi connectivity index (χ4v) is 3.53. The summed E-state index contributed by atoms with van der Waals surface area (Å²) in [5.41, 5.74) is -0.0606. The molecule has 2 fully saturated rings. The van der Waals surface area contributed by atoms with Crippen LogP contribution < -0.4 is 5.56 Å². The van der Waals surface area contributed by atoms with Crippen LogP contribution in [0.2, 0.25) is 0 Å². The molecule has 0 aromatic carbocycles. The van der Waals surface area contributed by atoms with Crippen molar-refractivity contribution in [2.75, 3.05) is 19.6 Å². The normalized spacial score (nSPS) is 22.3. The molecule has 1 N–H and O–H groups in total. The second-order valence-electron chi connectivity index (χ2n) is 7.64. The highest BCUT2D eigenvalue weighted by Gasteiger charge is 2.47. The lowest BCUT2D eigenvalue weighted by atomic mass is 10.1. The number of aromatic amines is 1. The van der Waals surface area contributed by atoms with Crippen LogP contribution in [-0.4, -0.2) is 61.7 Å². The van der Waals surface area contributed by atoms with Gasteiger partial charge in [-0.3, -0.25) is 14.4 Å². The van der Waals surface area contributed by atoms with Crippen LogP contribution in [0, 0.1) is 5.41 Å². The van der Waals surface area contributed by atoms with Crippen molar-refractivity contribution in [1.82, 2.24) is 24.2 Å². The Morgan fingerprint density at radius 1 is 1.27 bits per heavy atom. The Hall–Kier alpha value is -2.64. The van der Waals surface area contributed by atoms with Crippen LogP contribution in [0.1, 0.15) is 43.6 Å². The first-order valence-corrected chi connectivity index (χ1v) is 9.06. The summed E-state index contributed by atoms with van der Waals surface area (Å²) in [7, 11) is 0. The SMILES string of the molecule is CC1CCN(C(=O)C2(C)CC2)CCN1C(=O)c1cn2cc[nH]c(=O)c2n1. The van der Waals surface area contributed by atoms with Crippen molar-refractivity contribution in [1.29, 1.82) is 0 Å². The Kier molecular flexibility index (Phi) is 3.86. The Balaban J connectivity index is 1.54. The maximum absolute atomic E-state index is 13.0. The van der Waals surface area contributed by atoms with Crippen LogP contribution in [0.15, 0.2) is 23.4 Å². The van der Waals surface area contributed by atoms with E-state index in [0.717, 1.165) is 19.3 Å². The highest BCUT2D eigenvalue weighted by atomic mass is 16.2. The number of rotatable bonds is 2. The highest BCUT2D eigenvalue weighted by molar-refractivity contribution is 5.93. The van der Waals surface area contributed by atoms with E-state index in [-0.39, 0.29) is 40.2 Å². The van der Waals surface area contributed by atoms with E-state index in [1.165, 1.54) is 6.20 Å². The van der Waals surface area contributed by atoms with Crippen molar-refractivity contribution in [3.8, 4) is 0 Å². The molecule has 1 saturated heterocycles. The number of hydrogen-bond donors (Lipinski definition) is 1. The lowest BCUT2D eigenvalue weighted by Crippen LogP contribution is -2.41. The largest absolute Gasteiger partial charge is 0.340 e. The minimum atomic E-state index is -0.329. The summed E-state index contributed by atoms with van der Waals surface area (Å²) in [5.74, 6) is 0.00537. The summed E-state index contributed by atoms with van der Waals surface area (Å²) in [6, 6.07) is 0.00964. The summed E-state index contributed by atoms with van der Waals surface area (Å²) >= 11 is 0. The van der Waals surface area contributed by atoms with E-state index in [2.05, 4.69) is 9.97 Å². The molecular formula is C18H23N5O3. The number of H-pyrrole nitrogens is 1. The van der Waals surface area contributed by atoms with Gasteiger partial charge in [-0.2, -0.15) is 0 Å². The molecule has 2 amide bonds. The lowest BCUT2D eigenvalue weighted by molar-refractivity contribution is -0.136. The lowest BCUT2D eigenvalue weighted by Gasteiger charge is -2.26. The number of carbonyl (C=O) groups excluding carboxylic acids is 2. The number of imidazole rings is 1. The molecule has 0 bridgehead atoms. The van der Waals surface area contributed by atoms with Crippen LogP contribution in [0.3, 0.4) is 0 Å². The van der Waals surface area contributed by atoms with Crippen LogP contribution in [0.5, 0.6) is 0 Å². The van der Waals surface area contributed by atoms with Gasteiger partial charge in [0.25, 0.3) is 11.5 Å². The van der Waals surface area contributed by atoms with Crippen molar-refractivity contribution < 1.29 is 9.59 Å². The maximum Gasteiger partial charge on any atom is 0.291 e. The first-order valence-electron chi connectivity index (χ1n) is 9.06. The first-order chi connectivity index (χ1) is 12.4. The molecule has 2 aliphatic rings. The van der Waals surface area contributed by atoms with Gasteiger partial charge in [0.2, 0.25) is 11.6 Å². The molecule has 3 heterocycles. The predicted octanol–water partition coefficient (Wildman–Crippen LogP) is 0.886. The van der Waals surface area contributed by atoms with Gasteiger partial charge in [0.1, 0.15) is 5.69 Å². The summed E-state index contributed by atoms with van der Waals surface area (Å²) in [4.78, 5) is 47.8. The number of nitrogens with one attached hydrogen (secondary N) is 1. The van der Waals surface area contributed by atoms with Gasteiger partial charge in [-0.15, -0.1) is 0 Å². The third-order valence-electron chi connectivity index (χ3n) is 5.63. The topological polar surface area (TPSA) is 90.8 Å². The van der Waals surface area contributed by atoms with E-state index in [9.17, 15) is 14.4 Å².